The van der Waals surface area contributed by atoms with Crippen molar-refractivity contribution in [2.75, 3.05) is 11.4 Å². The maximum absolute atomic E-state index is 13.1. The van der Waals surface area contributed by atoms with Crippen molar-refractivity contribution in [1.82, 2.24) is 18.7 Å². The van der Waals surface area contributed by atoms with E-state index in [1.54, 1.807) is 24.3 Å². The summed E-state index contributed by atoms with van der Waals surface area (Å²) in [6.07, 6.45) is 4.91. The Morgan fingerprint density at radius 2 is 1.83 bits per heavy atom. The Labute approximate surface area is 170 Å². The van der Waals surface area contributed by atoms with Crippen LogP contribution in [0.4, 0.5) is 11.6 Å². The fraction of sp³-hybridized carbons (Fsp3) is 0.350. The Morgan fingerprint density at radius 1 is 1.10 bits per heavy atom. The molecule has 0 atom stereocenters. The average Bonchev–Trinajstić information content (AvgIpc) is 3.30. The highest BCUT2D eigenvalue weighted by molar-refractivity contribution is 7.90. The molecule has 154 valence electrons. The molecule has 3 rings (SSSR count). The zero-order valence-electron chi connectivity index (χ0n) is 16.8. The van der Waals surface area contributed by atoms with Gasteiger partial charge in [0.05, 0.1) is 10.6 Å². The molecule has 0 amide bonds. The first kappa shape index (κ1) is 20.8. The Kier molecular flexibility index (Phi) is 6.17. The number of rotatable bonds is 9. The number of hydrogen-bond acceptors (Lipinski definition) is 6. The van der Waals surface area contributed by atoms with Crippen LogP contribution in [0.2, 0.25) is 0 Å². The number of nitrogens with zero attached hydrogens (tertiary/aromatic N) is 5. The van der Waals surface area contributed by atoms with Gasteiger partial charge in [0.25, 0.3) is 10.0 Å². The van der Waals surface area contributed by atoms with Crippen molar-refractivity contribution in [2.45, 2.75) is 38.0 Å². The van der Waals surface area contributed by atoms with E-state index in [2.05, 4.69) is 17.1 Å². The van der Waals surface area contributed by atoms with E-state index < -0.39 is 10.0 Å². The number of unbranched alkanes of at least 4 members (excludes halogenated alkanes) is 2. The predicted molar refractivity (Wildman–Crippen MR) is 111 cm³/mol. The molecule has 29 heavy (non-hydrogen) atoms. The van der Waals surface area contributed by atoms with Crippen LogP contribution in [-0.2, 0) is 17.1 Å². The van der Waals surface area contributed by atoms with E-state index in [0.29, 0.717) is 24.5 Å². The van der Waals surface area contributed by atoms with Crippen molar-refractivity contribution in [3.63, 3.8) is 0 Å². The van der Waals surface area contributed by atoms with E-state index in [9.17, 15) is 13.2 Å². The molecule has 1 aromatic carbocycles. The Bertz CT molecular complexity index is 1090. The molecule has 0 saturated heterocycles. The van der Waals surface area contributed by atoms with E-state index in [0.717, 1.165) is 29.1 Å². The van der Waals surface area contributed by atoms with Crippen molar-refractivity contribution in [3.8, 4) is 0 Å². The zero-order valence-corrected chi connectivity index (χ0v) is 17.6. The SMILES string of the molecule is CCCCCN(c1ccn(S(=O)(=O)c2ccccc2)c1C=O)c1nnc(C)n1C. The van der Waals surface area contributed by atoms with Gasteiger partial charge in [-0.3, -0.25) is 4.79 Å². The molecule has 3 aromatic rings. The van der Waals surface area contributed by atoms with Gasteiger partial charge in [0.15, 0.2) is 6.29 Å². The van der Waals surface area contributed by atoms with Gasteiger partial charge in [0.2, 0.25) is 5.95 Å². The van der Waals surface area contributed by atoms with Crippen LogP contribution in [0.5, 0.6) is 0 Å². The van der Waals surface area contributed by atoms with Gasteiger partial charge in [-0.2, -0.15) is 0 Å². The highest BCUT2D eigenvalue weighted by atomic mass is 32.2. The number of carbonyl (C=O) groups is 1. The second-order valence-electron chi connectivity index (χ2n) is 6.78. The summed E-state index contributed by atoms with van der Waals surface area (Å²) >= 11 is 0. The second-order valence-corrected chi connectivity index (χ2v) is 8.60. The number of benzene rings is 1. The molecule has 0 radical (unpaired) electrons. The smallest absolute Gasteiger partial charge is 0.268 e. The molecular weight excluding hydrogens is 390 g/mol. The number of aromatic nitrogens is 4. The maximum atomic E-state index is 13.1. The van der Waals surface area contributed by atoms with Crippen molar-refractivity contribution >= 4 is 27.9 Å². The van der Waals surface area contributed by atoms with Gasteiger partial charge < -0.3 is 9.47 Å². The summed E-state index contributed by atoms with van der Waals surface area (Å²) in [5.74, 6) is 1.29. The second kappa shape index (κ2) is 8.60. The summed E-state index contributed by atoms with van der Waals surface area (Å²) in [4.78, 5) is 14.0. The third kappa shape index (κ3) is 3.95. The van der Waals surface area contributed by atoms with E-state index in [1.807, 2.05) is 23.4 Å². The minimum atomic E-state index is -3.89. The molecule has 0 spiro atoms. The van der Waals surface area contributed by atoms with Crippen LogP contribution in [0.15, 0.2) is 47.5 Å². The standard InChI is InChI=1S/C20H25N5O3S/c1-4-5-9-13-24(20-22-21-16(2)23(20)3)18-12-14-25(19(18)15-26)29(27,28)17-10-7-6-8-11-17/h6-8,10-12,14-15H,4-5,9,13H2,1-3H3. The molecule has 0 unspecified atom stereocenters. The van der Waals surface area contributed by atoms with E-state index in [-0.39, 0.29) is 10.6 Å². The fourth-order valence-electron chi connectivity index (χ4n) is 3.15. The van der Waals surface area contributed by atoms with Crippen LogP contribution in [0, 0.1) is 6.92 Å². The van der Waals surface area contributed by atoms with Crippen LogP contribution in [-0.4, -0.2) is 40.0 Å². The van der Waals surface area contributed by atoms with Crippen LogP contribution >= 0.6 is 0 Å². The van der Waals surface area contributed by atoms with Crippen LogP contribution in [0.25, 0.3) is 0 Å². The molecule has 0 fully saturated rings. The number of aryl methyl sites for hydroxylation is 1. The normalized spacial score (nSPS) is 11.6. The Balaban J connectivity index is 2.10. The first-order chi connectivity index (χ1) is 13.9. The molecule has 0 aliphatic carbocycles. The number of hydrogen-bond donors (Lipinski definition) is 0. The van der Waals surface area contributed by atoms with Crippen molar-refractivity contribution < 1.29 is 13.2 Å². The summed E-state index contributed by atoms with van der Waals surface area (Å²) in [5, 5.41) is 8.35. The lowest BCUT2D eigenvalue weighted by Gasteiger charge is -2.23. The lowest BCUT2D eigenvalue weighted by molar-refractivity contribution is 0.111. The van der Waals surface area contributed by atoms with Crippen LogP contribution in [0.3, 0.4) is 0 Å². The van der Waals surface area contributed by atoms with Crippen LogP contribution < -0.4 is 4.90 Å². The Morgan fingerprint density at radius 3 is 2.41 bits per heavy atom. The predicted octanol–water partition coefficient (Wildman–Crippen LogP) is 3.30. The zero-order chi connectivity index (χ0) is 21.0. The quantitative estimate of drug-likeness (QED) is 0.393. The Hall–Kier alpha value is -2.94. The van der Waals surface area contributed by atoms with Crippen molar-refractivity contribution in [3.05, 3.63) is 54.1 Å². The first-order valence-corrected chi connectivity index (χ1v) is 11.0. The highest BCUT2D eigenvalue weighted by Crippen LogP contribution is 2.30. The topological polar surface area (TPSA) is 90.1 Å². The molecule has 8 nitrogen and oxygen atoms in total. The molecule has 0 saturated carbocycles. The summed E-state index contributed by atoms with van der Waals surface area (Å²) in [6.45, 7) is 4.54. The molecule has 2 heterocycles. The van der Waals surface area contributed by atoms with Gasteiger partial charge in [0.1, 0.15) is 11.5 Å². The molecule has 0 aliphatic rings. The number of aldehydes is 1. The van der Waals surface area contributed by atoms with Gasteiger partial charge in [-0.1, -0.05) is 38.0 Å². The summed E-state index contributed by atoms with van der Waals surface area (Å²) in [7, 11) is -2.05. The van der Waals surface area contributed by atoms with Crippen molar-refractivity contribution in [1.29, 1.82) is 0 Å². The average molecular weight is 416 g/mol. The first-order valence-electron chi connectivity index (χ1n) is 9.52. The van der Waals surface area contributed by atoms with Gasteiger partial charge in [0, 0.05) is 19.8 Å². The summed E-state index contributed by atoms with van der Waals surface area (Å²) in [6, 6.07) is 9.70. The molecule has 0 aliphatic heterocycles. The third-order valence-electron chi connectivity index (χ3n) is 4.87. The third-order valence-corrected chi connectivity index (χ3v) is 6.57. The summed E-state index contributed by atoms with van der Waals surface area (Å²) in [5.41, 5.74) is 0.553. The molecule has 2 aromatic heterocycles. The number of carbonyl (C=O) groups excluding carboxylic acids is 1. The largest absolute Gasteiger partial charge is 0.308 e. The van der Waals surface area contributed by atoms with E-state index in [4.69, 9.17) is 0 Å². The van der Waals surface area contributed by atoms with Gasteiger partial charge in [-0.05, 0) is 31.5 Å². The van der Waals surface area contributed by atoms with Crippen LogP contribution in [0.1, 0.15) is 42.5 Å². The lowest BCUT2D eigenvalue weighted by Crippen LogP contribution is -2.24. The highest BCUT2D eigenvalue weighted by Gasteiger charge is 2.26. The van der Waals surface area contributed by atoms with E-state index >= 15 is 0 Å². The fourth-order valence-corrected chi connectivity index (χ4v) is 4.50. The number of anilines is 2. The molecule has 9 heteroatoms. The molecular formula is C20H25N5O3S. The lowest BCUT2D eigenvalue weighted by atomic mass is 10.2. The minimum Gasteiger partial charge on any atom is -0.308 e. The molecule has 0 bridgehead atoms. The maximum Gasteiger partial charge on any atom is 0.268 e. The van der Waals surface area contributed by atoms with E-state index in [1.165, 1.54) is 18.3 Å². The minimum absolute atomic E-state index is 0.0611. The van der Waals surface area contributed by atoms with Crippen molar-refractivity contribution in [2.24, 2.45) is 7.05 Å². The van der Waals surface area contributed by atoms with Gasteiger partial charge in [-0.25, -0.2) is 12.4 Å². The molecule has 0 N–H and O–H groups in total. The van der Waals surface area contributed by atoms with Gasteiger partial charge in [-0.15, -0.1) is 10.2 Å². The monoisotopic (exact) mass is 415 g/mol. The summed E-state index contributed by atoms with van der Waals surface area (Å²) < 4.78 is 29.0. The van der Waals surface area contributed by atoms with Gasteiger partial charge >= 0.3 is 0 Å².